The van der Waals surface area contributed by atoms with Crippen LogP contribution < -0.4 is 9.47 Å². The molecule has 0 aliphatic carbocycles. The largest absolute Gasteiger partial charge is 0.493 e. The summed E-state index contributed by atoms with van der Waals surface area (Å²) in [5, 5.41) is 0. The van der Waals surface area contributed by atoms with Gasteiger partial charge in [-0.2, -0.15) is 0 Å². The van der Waals surface area contributed by atoms with E-state index in [9.17, 15) is 4.21 Å². The number of rotatable bonds is 4. The molecule has 0 aromatic heterocycles. The van der Waals surface area contributed by atoms with Gasteiger partial charge in [-0.1, -0.05) is 6.07 Å². The van der Waals surface area contributed by atoms with Crippen molar-refractivity contribution in [3.05, 3.63) is 23.8 Å². The van der Waals surface area contributed by atoms with E-state index in [-0.39, 0.29) is 5.75 Å². The van der Waals surface area contributed by atoms with Crippen LogP contribution in [0.1, 0.15) is 5.56 Å². The van der Waals surface area contributed by atoms with Gasteiger partial charge in [-0.05, 0) is 17.7 Å². The maximum Gasteiger partial charge on any atom is 0.161 e. The number of hydrogen-bond acceptors (Lipinski definition) is 3. The molecule has 1 N–H and O–H groups in total. The molecule has 1 rings (SSSR count). The molecule has 0 aliphatic heterocycles. The first-order valence-corrected chi connectivity index (χ1v) is 5.23. The molecule has 0 saturated carbocycles. The molecule has 1 aromatic rings. The molecule has 0 bridgehead atoms. The summed E-state index contributed by atoms with van der Waals surface area (Å²) in [4.78, 5) is 0. The van der Waals surface area contributed by atoms with Gasteiger partial charge < -0.3 is 14.0 Å². The summed E-state index contributed by atoms with van der Waals surface area (Å²) in [6, 6.07) is 5.13. The average Bonchev–Trinajstić information content (AvgIpc) is 2.16. The highest BCUT2D eigenvalue weighted by Gasteiger charge is 2.05. The summed E-state index contributed by atoms with van der Waals surface area (Å²) in [5.74, 6) is 1.27. The van der Waals surface area contributed by atoms with Crippen LogP contribution in [-0.2, 0) is 16.8 Å². The smallest absolute Gasteiger partial charge is 0.161 e. The molecule has 0 fully saturated rings. The number of benzene rings is 1. The molecule has 78 valence electrons. The Kier molecular flexibility index (Phi) is 3.91. The third kappa shape index (κ3) is 2.71. The summed E-state index contributed by atoms with van der Waals surface area (Å²) in [7, 11) is 3.07. The Bertz CT molecular complexity index is 338. The molecule has 0 saturated heterocycles. The van der Waals surface area contributed by atoms with E-state index in [1.54, 1.807) is 25.3 Å². The van der Waals surface area contributed by atoms with E-state index in [4.69, 9.17) is 14.0 Å². The predicted molar refractivity (Wildman–Crippen MR) is 54.0 cm³/mol. The summed E-state index contributed by atoms with van der Waals surface area (Å²) in [5.41, 5.74) is 0.739. The summed E-state index contributed by atoms with van der Waals surface area (Å²) < 4.78 is 29.3. The van der Waals surface area contributed by atoms with Crippen LogP contribution in [0.4, 0.5) is 0 Å². The van der Waals surface area contributed by atoms with Crippen LogP contribution in [0.5, 0.6) is 11.5 Å². The maximum atomic E-state index is 10.6. The zero-order valence-electron chi connectivity index (χ0n) is 8.02. The number of ether oxygens (including phenoxy) is 2. The van der Waals surface area contributed by atoms with E-state index in [0.29, 0.717) is 11.5 Å². The minimum atomic E-state index is -1.83. The fourth-order valence-electron chi connectivity index (χ4n) is 1.11. The van der Waals surface area contributed by atoms with E-state index < -0.39 is 11.1 Å². The highest BCUT2D eigenvalue weighted by Crippen LogP contribution is 2.27. The second kappa shape index (κ2) is 4.97. The van der Waals surface area contributed by atoms with Crippen LogP contribution in [0.2, 0.25) is 0 Å². The van der Waals surface area contributed by atoms with Crippen molar-refractivity contribution in [2.24, 2.45) is 0 Å². The normalized spacial score (nSPS) is 12.2. The summed E-state index contributed by atoms with van der Waals surface area (Å²) in [6.45, 7) is 0. The van der Waals surface area contributed by atoms with Crippen molar-refractivity contribution >= 4 is 11.1 Å². The molecular weight excluding hydrogens is 204 g/mol. The molecule has 1 atom stereocenters. The third-order valence-corrected chi connectivity index (χ3v) is 2.32. The Morgan fingerprint density at radius 3 is 2.43 bits per heavy atom. The monoisotopic (exact) mass is 216 g/mol. The number of methoxy groups -OCH3 is 2. The van der Waals surface area contributed by atoms with Crippen LogP contribution in [0, 0.1) is 0 Å². The minimum absolute atomic E-state index is 0.0976. The summed E-state index contributed by atoms with van der Waals surface area (Å²) in [6.07, 6.45) is 0. The third-order valence-electron chi connectivity index (χ3n) is 1.74. The van der Waals surface area contributed by atoms with Crippen molar-refractivity contribution < 1.29 is 18.2 Å². The molecule has 0 heterocycles. The second-order valence-electron chi connectivity index (χ2n) is 2.66. The van der Waals surface area contributed by atoms with Crippen LogP contribution in [0.25, 0.3) is 0 Å². The van der Waals surface area contributed by atoms with Crippen LogP contribution in [-0.4, -0.2) is 23.0 Å². The van der Waals surface area contributed by atoms with E-state index in [1.165, 1.54) is 7.11 Å². The Hall–Kier alpha value is -1.07. The molecule has 0 amide bonds. The Labute approximate surface area is 85.1 Å². The van der Waals surface area contributed by atoms with Crippen LogP contribution in [0.15, 0.2) is 18.2 Å². The van der Waals surface area contributed by atoms with Crippen molar-refractivity contribution in [3.8, 4) is 11.5 Å². The lowest BCUT2D eigenvalue weighted by Gasteiger charge is -2.08. The lowest BCUT2D eigenvalue weighted by molar-refractivity contribution is 0.354. The van der Waals surface area contributed by atoms with Gasteiger partial charge in [0.25, 0.3) is 0 Å². The highest BCUT2D eigenvalue weighted by atomic mass is 32.2. The maximum absolute atomic E-state index is 10.6. The highest BCUT2D eigenvalue weighted by molar-refractivity contribution is 7.78. The fraction of sp³-hybridized carbons (Fsp3) is 0.333. The van der Waals surface area contributed by atoms with Gasteiger partial charge in [0, 0.05) is 0 Å². The van der Waals surface area contributed by atoms with E-state index in [1.807, 2.05) is 0 Å². The predicted octanol–water partition coefficient (Wildman–Crippen LogP) is 1.43. The van der Waals surface area contributed by atoms with Gasteiger partial charge in [0.15, 0.2) is 22.6 Å². The van der Waals surface area contributed by atoms with Crippen molar-refractivity contribution in [3.63, 3.8) is 0 Å². The molecule has 1 unspecified atom stereocenters. The van der Waals surface area contributed by atoms with Crippen LogP contribution in [0.3, 0.4) is 0 Å². The Balaban J connectivity index is 2.95. The number of hydrogen-bond donors (Lipinski definition) is 1. The molecule has 14 heavy (non-hydrogen) atoms. The van der Waals surface area contributed by atoms with E-state index in [0.717, 1.165) is 5.56 Å². The lowest BCUT2D eigenvalue weighted by Crippen LogP contribution is -1.95. The van der Waals surface area contributed by atoms with Crippen molar-refractivity contribution in [1.29, 1.82) is 0 Å². The lowest BCUT2D eigenvalue weighted by atomic mass is 10.2. The molecule has 4 nitrogen and oxygen atoms in total. The molecule has 5 heteroatoms. The zero-order valence-corrected chi connectivity index (χ0v) is 8.84. The van der Waals surface area contributed by atoms with Crippen molar-refractivity contribution in [1.82, 2.24) is 0 Å². The summed E-state index contributed by atoms with van der Waals surface area (Å²) >= 11 is -1.83. The zero-order chi connectivity index (χ0) is 10.6. The van der Waals surface area contributed by atoms with Crippen LogP contribution >= 0.6 is 0 Å². The van der Waals surface area contributed by atoms with Gasteiger partial charge in [-0.25, -0.2) is 4.21 Å². The van der Waals surface area contributed by atoms with Gasteiger partial charge in [-0.15, -0.1) is 0 Å². The van der Waals surface area contributed by atoms with Crippen molar-refractivity contribution in [2.45, 2.75) is 5.75 Å². The standard InChI is InChI=1S/C9H12O4S/c1-12-8-4-3-7(6-14(10)11)5-9(8)13-2/h3-5H,6H2,1-2H3,(H,10,11). The Morgan fingerprint density at radius 2 is 1.93 bits per heavy atom. The molecule has 0 spiro atoms. The first kappa shape index (κ1) is 11.0. The minimum Gasteiger partial charge on any atom is -0.493 e. The Morgan fingerprint density at radius 1 is 1.29 bits per heavy atom. The van der Waals surface area contributed by atoms with Gasteiger partial charge >= 0.3 is 0 Å². The molecule has 1 aromatic carbocycles. The molecule has 0 radical (unpaired) electrons. The second-order valence-corrected chi connectivity index (χ2v) is 3.59. The SMILES string of the molecule is COc1ccc(CS(=O)O)cc1OC. The van der Waals surface area contributed by atoms with E-state index in [2.05, 4.69) is 0 Å². The quantitative estimate of drug-likeness (QED) is 0.773. The van der Waals surface area contributed by atoms with Gasteiger partial charge in [0.2, 0.25) is 0 Å². The molecular formula is C9H12O4S. The van der Waals surface area contributed by atoms with Crippen molar-refractivity contribution in [2.75, 3.05) is 14.2 Å². The molecule has 0 aliphatic rings. The fourth-order valence-corrected chi connectivity index (χ4v) is 1.58. The first-order valence-electron chi connectivity index (χ1n) is 3.95. The van der Waals surface area contributed by atoms with E-state index >= 15 is 0 Å². The first-order chi connectivity index (χ1) is 6.67. The topological polar surface area (TPSA) is 55.8 Å². The van der Waals surface area contributed by atoms with Gasteiger partial charge in [0.1, 0.15) is 0 Å². The van der Waals surface area contributed by atoms with Gasteiger partial charge in [0.05, 0.1) is 20.0 Å². The van der Waals surface area contributed by atoms with Gasteiger partial charge in [-0.3, -0.25) is 0 Å². The average molecular weight is 216 g/mol.